The van der Waals surface area contributed by atoms with Gasteiger partial charge in [0.1, 0.15) is 0 Å². The van der Waals surface area contributed by atoms with Gasteiger partial charge in [-0.15, -0.1) is 0 Å². The Balaban J connectivity index is 2.60. The van der Waals surface area contributed by atoms with Gasteiger partial charge in [-0.3, -0.25) is 0 Å². The Morgan fingerprint density at radius 1 is 1.54 bits per heavy atom. The van der Waals surface area contributed by atoms with Crippen LogP contribution in [0.5, 0.6) is 0 Å². The molecule has 74 valence electrons. The summed E-state index contributed by atoms with van der Waals surface area (Å²) < 4.78 is 0. The van der Waals surface area contributed by atoms with E-state index in [1.54, 1.807) is 6.08 Å². The molecular formula is C11H19NO. The summed E-state index contributed by atoms with van der Waals surface area (Å²) in [5.74, 6) is 1.25. The first-order chi connectivity index (χ1) is 6.08. The van der Waals surface area contributed by atoms with Gasteiger partial charge in [-0.1, -0.05) is 27.2 Å². The van der Waals surface area contributed by atoms with Gasteiger partial charge in [-0.25, -0.2) is 9.79 Å². The highest BCUT2D eigenvalue weighted by molar-refractivity contribution is 5.32. The van der Waals surface area contributed by atoms with Gasteiger partial charge in [-0.05, 0) is 30.1 Å². The van der Waals surface area contributed by atoms with E-state index in [0.29, 0.717) is 23.8 Å². The first-order valence-corrected chi connectivity index (χ1v) is 5.11. The molecule has 2 atom stereocenters. The van der Waals surface area contributed by atoms with Crippen molar-refractivity contribution in [3.8, 4) is 0 Å². The third-order valence-corrected chi connectivity index (χ3v) is 3.73. The molecule has 0 aromatic rings. The average molecular weight is 181 g/mol. The molecule has 0 aromatic heterocycles. The number of aliphatic imine (C=N–C) groups is 1. The van der Waals surface area contributed by atoms with Gasteiger partial charge in [0.25, 0.3) is 0 Å². The molecular weight excluding hydrogens is 162 g/mol. The predicted octanol–water partition coefficient (Wildman–Crippen LogP) is 2.78. The second kappa shape index (κ2) is 4.06. The van der Waals surface area contributed by atoms with E-state index >= 15 is 0 Å². The van der Waals surface area contributed by atoms with Gasteiger partial charge >= 0.3 is 0 Å². The number of carbonyl (C=O) groups excluding carboxylic acids is 1. The number of hydrogen-bond acceptors (Lipinski definition) is 2. The van der Waals surface area contributed by atoms with Crippen molar-refractivity contribution in [2.75, 3.05) is 6.54 Å². The van der Waals surface area contributed by atoms with Crippen LogP contribution in [-0.4, -0.2) is 12.6 Å². The van der Waals surface area contributed by atoms with Crippen LogP contribution < -0.4 is 0 Å². The lowest BCUT2D eigenvalue weighted by Gasteiger charge is -2.41. The van der Waals surface area contributed by atoms with Crippen LogP contribution in [0.25, 0.3) is 0 Å². The van der Waals surface area contributed by atoms with Crippen molar-refractivity contribution in [1.29, 1.82) is 0 Å². The summed E-state index contributed by atoms with van der Waals surface area (Å²) in [7, 11) is 0. The highest BCUT2D eigenvalue weighted by Crippen LogP contribution is 2.43. The van der Waals surface area contributed by atoms with E-state index in [0.717, 1.165) is 0 Å². The lowest BCUT2D eigenvalue weighted by molar-refractivity contribution is 0.0941. The maximum absolute atomic E-state index is 10.0. The van der Waals surface area contributed by atoms with Crippen LogP contribution in [0.2, 0.25) is 0 Å². The number of isocyanates is 1. The molecule has 0 spiro atoms. The Morgan fingerprint density at radius 2 is 2.23 bits per heavy atom. The molecule has 2 unspecified atom stereocenters. The molecule has 0 heterocycles. The molecule has 0 aromatic carbocycles. The highest BCUT2D eigenvalue weighted by atomic mass is 16.1. The minimum Gasteiger partial charge on any atom is -0.211 e. The van der Waals surface area contributed by atoms with Crippen LogP contribution in [0.3, 0.4) is 0 Å². The smallest absolute Gasteiger partial charge is 0.211 e. The fourth-order valence-corrected chi connectivity index (χ4v) is 2.34. The van der Waals surface area contributed by atoms with Crippen LogP contribution in [0.1, 0.15) is 40.0 Å². The van der Waals surface area contributed by atoms with Gasteiger partial charge in [0.15, 0.2) is 0 Å². The molecule has 0 amide bonds. The molecule has 1 fully saturated rings. The lowest BCUT2D eigenvalue weighted by Crippen LogP contribution is -2.34. The largest absolute Gasteiger partial charge is 0.234 e. The first-order valence-electron chi connectivity index (χ1n) is 5.11. The van der Waals surface area contributed by atoms with E-state index < -0.39 is 0 Å². The van der Waals surface area contributed by atoms with Crippen molar-refractivity contribution in [2.45, 2.75) is 40.0 Å². The maximum Gasteiger partial charge on any atom is 0.234 e. The summed E-state index contributed by atoms with van der Waals surface area (Å²) in [5, 5.41) is 0. The molecule has 0 aliphatic heterocycles. The van der Waals surface area contributed by atoms with Crippen molar-refractivity contribution in [2.24, 2.45) is 22.2 Å². The predicted molar refractivity (Wildman–Crippen MR) is 53.3 cm³/mol. The summed E-state index contributed by atoms with van der Waals surface area (Å²) in [6.07, 6.45) is 5.43. The molecule has 2 nitrogen and oxygen atoms in total. The fraction of sp³-hybridized carbons (Fsp3) is 0.909. The normalized spacial score (nSPS) is 32.2. The Hall–Kier alpha value is -0.620. The Labute approximate surface area is 80.4 Å². The monoisotopic (exact) mass is 181 g/mol. The van der Waals surface area contributed by atoms with Crippen LogP contribution in [0.15, 0.2) is 4.99 Å². The quantitative estimate of drug-likeness (QED) is 0.476. The number of nitrogens with zero attached hydrogens (tertiary/aromatic N) is 1. The van der Waals surface area contributed by atoms with E-state index in [1.165, 1.54) is 19.3 Å². The molecule has 0 radical (unpaired) electrons. The molecule has 0 N–H and O–H groups in total. The standard InChI is InChI=1S/C11H19NO/c1-9-10(7-12-8-13)5-4-6-11(9,2)3/h9-10H,4-7H2,1-3H3. The van der Waals surface area contributed by atoms with Gasteiger partial charge in [-0.2, -0.15) is 0 Å². The molecule has 0 bridgehead atoms. The zero-order valence-electron chi connectivity index (χ0n) is 8.84. The van der Waals surface area contributed by atoms with E-state index in [-0.39, 0.29) is 0 Å². The Morgan fingerprint density at radius 3 is 2.85 bits per heavy atom. The first kappa shape index (κ1) is 10.5. The lowest BCUT2D eigenvalue weighted by atomic mass is 9.64. The van der Waals surface area contributed by atoms with Gasteiger partial charge in [0.05, 0.1) is 6.54 Å². The molecule has 1 saturated carbocycles. The molecule has 13 heavy (non-hydrogen) atoms. The van der Waals surface area contributed by atoms with Crippen LogP contribution in [0, 0.1) is 17.3 Å². The second-order valence-electron chi connectivity index (χ2n) is 4.86. The average Bonchev–Trinajstić information content (AvgIpc) is 2.08. The molecule has 2 heteroatoms. The molecule has 1 aliphatic rings. The van der Waals surface area contributed by atoms with E-state index in [1.807, 2.05) is 0 Å². The second-order valence-corrected chi connectivity index (χ2v) is 4.86. The zero-order valence-corrected chi connectivity index (χ0v) is 8.84. The van der Waals surface area contributed by atoms with Crippen molar-refractivity contribution >= 4 is 6.08 Å². The van der Waals surface area contributed by atoms with E-state index in [4.69, 9.17) is 0 Å². The van der Waals surface area contributed by atoms with Crippen molar-refractivity contribution in [3.63, 3.8) is 0 Å². The van der Waals surface area contributed by atoms with Crippen molar-refractivity contribution in [1.82, 2.24) is 0 Å². The summed E-state index contributed by atoms with van der Waals surface area (Å²) in [6.45, 7) is 7.58. The highest BCUT2D eigenvalue weighted by Gasteiger charge is 2.35. The zero-order chi connectivity index (χ0) is 9.90. The maximum atomic E-state index is 10.0. The summed E-state index contributed by atoms with van der Waals surface area (Å²) in [4.78, 5) is 13.7. The van der Waals surface area contributed by atoms with Crippen LogP contribution in [-0.2, 0) is 4.79 Å². The van der Waals surface area contributed by atoms with Crippen molar-refractivity contribution < 1.29 is 4.79 Å². The SMILES string of the molecule is CC1C(CN=C=O)CCCC1(C)C. The Kier molecular flexibility index (Phi) is 3.27. The van der Waals surface area contributed by atoms with Crippen LogP contribution in [0.4, 0.5) is 0 Å². The number of hydrogen-bond donors (Lipinski definition) is 0. The Bertz CT molecular complexity index is 216. The summed E-state index contributed by atoms with van der Waals surface area (Å²) in [5.41, 5.74) is 0.418. The topological polar surface area (TPSA) is 29.4 Å². The fourth-order valence-electron chi connectivity index (χ4n) is 2.34. The van der Waals surface area contributed by atoms with Crippen molar-refractivity contribution in [3.05, 3.63) is 0 Å². The third kappa shape index (κ3) is 2.41. The summed E-state index contributed by atoms with van der Waals surface area (Å²) in [6, 6.07) is 0. The van der Waals surface area contributed by atoms with E-state index in [9.17, 15) is 4.79 Å². The van der Waals surface area contributed by atoms with Gasteiger partial charge in [0.2, 0.25) is 6.08 Å². The van der Waals surface area contributed by atoms with Gasteiger partial charge < -0.3 is 0 Å². The summed E-state index contributed by atoms with van der Waals surface area (Å²) >= 11 is 0. The molecule has 0 saturated heterocycles. The number of rotatable bonds is 2. The van der Waals surface area contributed by atoms with E-state index in [2.05, 4.69) is 25.8 Å². The third-order valence-electron chi connectivity index (χ3n) is 3.73. The van der Waals surface area contributed by atoms with Gasteiger partial charge in [0, 0.05) is 0 Å². The van der Waals surface area contributed by atoms with Crippen LogP contribution >= 0.6 is 0 Å². The minimum atomic E-state index is 0.418. The molecule has 1 aliphatic carbocycles. The molecule has 1 rings (SSSR count). The minimum absolute atomic E-state index is 0.418.